The van der Waals surface area contributed by atoms with E-state index in [1.165, 1.54) is 0 Å². The molecule has 0 aromatic heterocycles. The van der Waals surface area contributed by atoms with E-state index in [-0.39, 0.29) is 18.0 Å². The molecule has 1 fully saturated rings. The van der Waals surface area contributed by atoms with Crippen LogP contribution in [0.5, 0.6) is 0 Å². The van der Waals surface area contributed by atoms with Crippen LogP contribution < -0.4 is 5.73 Å². The minimum absolute atomic E-state index is 0.0670. The summed E-state index contributed by atoms with van der Waals surface area (Å²) in [6, 6.07) is -0.495. The number of hydrogen-bond acceptors (Lipinski definition) is 4. The first kappa shape index (κ1) is 10.5. The first-order valence-electron chi connectivity index (χ1n) is 4.69. The summed E-state index contributed by atoms with van der Waals surface area (Å²) in [6.45, 7) is 4.98. The second-order valence-corrected chi connectivity index (χ2v) is 3.51. The fourth-order valence-corrected chi connectivity index (χ4v) is 1.01. The number of nitrogens with two attached hydrogens (primary N) is 1. The van der Waals surface area contributed by atoms with Gasteiger partial charge in [0.1, 0.15) is 12.1 Å². The quantitative estimate of drug-likeness (QED) is 0.643. The summed E-state index contributed by atoms with van der Waals surface area (Å²) in [5, 5.41) is 0. The molecule has 0 amide bonds. The Labute approximate surface area is 78.4 Å². The molecule has 1 saturated heterocycles. The van der Waals surface area contributed by atoms with Gasteiger partial charge in [-0.05, 0) is 5.92 Å². The van der Waals surface area contributed by atoms with Crippen molar-refractivity contribution in [3.8, 4) is 0 Å². The van der Waals surface area contributed by atoms with Crippen LogP contribution in [0.15, 0.2) is 0 Å². The lowest BCUT2D eigenvalue weighted by atomic mass is 10.0. The first-order chi connectivity index (χ1) is 6.15. The van der Waals surface area contributed by atoms with E-state index in [0.717, 1.165) is 6.42 Å². The predicted octanol–water partition coefficient (Wildman–Crippen LogP) is 0.302. The summed E-state index contributed by atoms with van der Waals surface area (Å²) < 4.78 is 9.97. The van der Waals surface area contributed by atoms with Crippen molar-refractivity contribution >= 4 is 5.97 Å². The normalized spacial score (nSPS) is 21.8. The molecule has 2 atom stereocenters. The Hall–Kier alpha value is -0.610. The molecule has 76 valence electrons. The Morgan fingerprint density at radius 2 is 2.31 bits per heavy atom. The van der Waals surface area contributed by atoms with Gasteiger partial charge in [0.2, 0.25) is 0 Å². The maximum atomic E-state index is 11.3. The van der Waals surface area contributed by atoms with Crippen LogP contribution in [0.3, 0.4) is 0 Å². The molecule has 1 aliphatic heterocycles. The average Bonchev–Trinajstić information content (AvgIpc) is 2.08. The lowest BCUT2D eigenvalue weighted by Crippen LogP contribution is -2.45. The fraction of sp³-hybridized carbons (Fsp3) is 0.889. The van der Waals surface area contributed by atoms with Crippen LogP contribution >= 0.6 is 0 Å². The van der Waals surface area contributed by atoms with Crippen molar-refractivity contribution in [1.82, 2.24) is 0 Å². The summed E-state index contributed by atoms with van der Waals surface area (Å²) in [4.78, 5) is 11.3. The van der Waals surface area contributed by atoms with Crippen molar-refractivity contribution in [2.75, 3.05) is 13.2 Å². The van der Waals surface area contributed by atoms with Crippen LogP contribution in [0.2, 0.25) is 0 Å². The van der Waals surface area contributed by atoms with E-state index < -0.39 is 6.04 Å². The number of hydrogen-bond donors (Lipinski definition) is 1. The van der Waals surface area contributed by atoms with Gasteiger partial charge in [-0.1, -0.05) is 20.3 Å². The van der Waals surface area contributed by atoms with Gasteiger partial charge in [-0.2, -0.15) is 0 Å². The monoisotopic (exact) mass is 187 g/mol. The molecule has 4 nitrogen and oxygen atoms in total. The third-order valence-electron chi connectivity index (χ3n) is 2.42. The Morgan fingerprint density at radius 3 is 2.69 bits per heavy atom. The molecule has 0 aliphatic carbocycles. The highest BCUT2D eigenvalue weighted by atomic mass is 16.6. The maximum absolute atomic E-state index is 11.3. The van der Waals surface area contributed by atoms with Crippen LogP contribution in [0.4, 0.5) is 0 Å². The standard InChI is InChI=1S/C9H17NO3/c1-3-6(2)8(10)9(11)13-7-4-12-5-7/h6-8H,3-5,10H2,1-2H3/t6-,8-/m0/s1. The van der Waals surface area contributed by atoms with Gasteiger partial charge in [-0.15, -0.1) is 0 Å². The van der Waals surface area contributed by atoms with E-state index in [1.54, 1.807) is 0 Å². The number of ether oxygens (including phenoxy) is 2. The largest absolute Gasteiger partial charge is 0.456 e. The molecular weight excluding hydrogens is 170 g/mol. The Kier molecular flexibility index (Phi) is 3.69. The van der Waals surface area contributed by atoms with Crippen molar-refractivity contribution in [3.63, 3.8) is 0 Å². The summed E-state index contributed by atoms with van der Waals surface area (Å²) in [7, 11) is 0. The highest BCUT2D eigenvalue weighted by molar-refractivity contribution is 5.76. The summed E-state index contributed by atoms with van der Waals surface area (Å²) in [5.74, 6) is -0.129. The van der Waals surface area contributed by atoms with Gasteiger partial charge < -0.3 is 15.2 Å². The molecule has 0 aromatic carbocycles. The van der Waals surface area contributed by atoms with Crippen molar-refractivity contribution < 1.29 is 14.3 Å². The predicted molar refractivity (Wildman–Crippen MR) is 48.1 cm³/mol. The zero-order valence-electron chi connectivity index (χ0n) is 8.16. The second-order valence-electron chi connectivity index (χ2n) is 3.51. The minimum Gasteiger partial charge on any atom is -0.456 e. The van der Waals surface area contributed by atoms with Crippen LogP contribution in [-0.4, -0.2) is 31.3 Å². The van der Waals surface area contributed by atoms with Gasteiger partial charge in [0.25, 0.3) is 0 Å². The van der Waals surface area contributed by atoms with Gasteiger partial charge in [-0.25, -0.2) is 0 Å². The molecule has 13 heavy (non-hydrogen) atoms. The van der Waals surface area contributed by atoms with Crippen molar-refractivity contribution in [1.29, 1.82) is 0 Å². The molecule has 0 bridgehead atoms. The number of carbonyl (C=O) groups is 1. The molecule has 2 N–H and O–H groups in total. The fourth-order valence-electron chi connectivity index (χ4n) is 1.01. The topological polar surface area (TPSA) is 61.6 Å². The Morgan fingerprint density at radius 1 is 1.69 bits per heavy atom. The molecule has 0 spiro atoms. The van der Waals surface area contributed by atoms with Crippen LogP contribution in [0.25, 0.3) is 0 Å². The summed E-state index contributed by atoms with van der Waals surface area (Å²) in [5.41, 5.74) is 5.68. The van der Waals surface area contributed by atoms with Crippen LogP contribution in [-0.2, 0) is 14.3 Å². The van der Waals surface area contributed by atoms with E-state index >= 15 is 0 Å². The van der Waals surface area contributed by atoms with Gasteiger partial charge in [-0.3, -0.25) is 4.79 Å². The average molecular weight is 187 g/mol. The number of carbonyl (C=O) groups excluding carboxylic acids is 1. The van der Waals surface area contributed by atoms with E-state index in [2.05, 4.69) is 0 Å². The van der Waals surface area contributed by atoms with Gasteiger partial charge in [0, 0.05) is 0 Å². The minimum atomic E-state index is -0.495. The SMILES string of the molecule is CC[C@H](C)[C@H](N)C(=O)OC1COC1. The third-order valence-corrected chi connectivity index (χ3v) is 2.42. The molecule has 0 radical (unpaired) electrons. The first-order valence-corrected chi connectivity index (χ1v) is 4.69. The van der Waals surface area contributed by atoms with E-state index in [4.69, 9.17) is 15.2 Å². The molecule has 0 unspecified atom stereocenters. The lowest BCUT2D eigenvalue weighted by molar-refractivity contribution is -0.174. The number of rotatable bonds is 4. The Bertz CT molecular complexity index is 180. The summed E-state index contributed by atoms with van der Waals surface area (Å²) in [6.07, 6.45) is 0.819. The molecule has 1 aliphatic rings. The maximum Gasteiger partial charge on any atom is 0.323 e. The van der Waals surface area contributed by atoms with Gasteiger partial charge in [0.05, 0.1) is 13.2 Å². The third kappa shape index (κ3) is 2.67. The number of esters is 1. The van der Waals surface area contributed by atoms with Gasteiger partial charge in [0.15, 0.2) is 0 Å². The van der Waals surface area contributed by atoms with Crippen LogP contribution in [0.1, 0.15) is 20.3 Å². The summed E-state index contributed by atoms with van der Waals surface area (Å²) >= 11 is 0. The van der Waals surface area contributed by atoms with E-state index in [9.17, 15) is 4.79 Å². The zero-order valence-corrected chi connectivity index (χ0v) is 8.16. The van der Waals surface area contributed by atoms with Crippen LogP contribution in [0, 0.1) is 5.92 Å². The molecule has 1 rings (SSSR count). The van der Waals surface area contributed by atoms with E-state index in [1.807, 2.05) is 13.8 Å². The van der Waals surface area contributed by atoms with E-state index in [0.29, 0.717) is 13.2 Å². The van der Waals surface area contributed by atoms with Crippen molar-refractivity contribution in [2.24, 2.45) is 11.7 Å². The molecule has 1 heterocycles. The molecule has 0 saturated carbocycles. The highest BCUT2D eigenvalue weighted by Crippen LogP contribution is 2.11. The molecular formula is C9H17NO3. The highest BCUT2D eigenvalue weighted by Gasteiger charge is 2.27. The van der Waals surface area contributed by atoms with Gasteiger partial charge >= 0.3 is 5.97 Å². The molecule has 4 heteroatoms. The zero-order chi connectivity index (χ0) is 9.84. The van der Waals surface area contributed by atoms with Crippen molar-refractivity contribution in [2.45, 2.75) is 32.4 Å². The lowest BCUT2D eigenvalue weighted by Gasteiger charge is -2.27. The second kappa shape index (κ2) is 4.58. The molecule has 0 aromatic rings. The Balaban J connectivity index is 2.28. The van der Waals surface area contributed by atoms with Crippen molar-refractivity contribution in [3.05, 3.63) is 0 Å². The smallest absolute Gasteiger partial charge is 0.323 e.